The van der Waals surface area contributed by atoms with Gasteiger partial charge in [-0.2, -0.15) is 0 Å². The van der Waals surface area contributed by atoms with Crippen LogP contribution in [0.15, 0.2) is 36.9 Å². The Bertz CT molecular complexity index is 1120. The van der Waals surface area contributed by atoms with E-state index in [1.807, 2.05) is 38.1 Å². The number of rotatable bonds is 14. The van der Waals surface area contributed by atoms with Crippen LogP contribution in [0.25, 0.3) is 0 Å². The van der Waals surface area contributed by atoms with Crippen molar-refractivity contribution < 1.29 is 29.0 Å². The monoisotopic (exact) mass is 569 g/mol. The van der Waals surface area contributed by atoms with Gasteiger partial charge in [0.1, 0.15) is 17.6 Å². The minimum atomic E-state index is -1.13. The summed E-state index contributed by atoms with van der Waals surface area (Å²) in [6.45, 7) is 16.4. The van der Waals surface area contributed by atoms with Gasteiger partial charge in [-0.25, -0.2) is 0 Å². The number of ether oxygens (including phenoxy) is 2. The van der Waals surface area contributed by atoms with E-state index in [0.717, 1.165) is 25.2 Å². The van der Waals surface area contributed by atoms with Gasteiger partial charge in [-0.15, -0.1) is 6.58 Å². The second kappa shape index (κ2) is 12.5. The third kappa shape index (κ3) is 5.16. The van der Waals surface area contributed by atoms with Crippen molar-refractivity contribution in [2.75, 3.05) is 49.2 Å². The van der Waals surface area contributed by atoms with E-state index in [4.69, 9.17) is 9.47 Å². The van der Waals surface area contributed by atoms with Crippen LogP contribution in [0.4, 0.5) is 11.4 Å². The summed E-state index contributed by atoms with van der Waals surface area (Å²) in [4.78, 5) is 47.8. The Morgan fingerprint density at radius 3 is 2.39 bits per heavy atom. The number of benzene rings is 1. The lowest BCUT2D eigenvalue weighted by molar-refractivity contribution is -0.161. The number of hydrogen-bond donors (Lipinski definition) is 1. The Labute approximate surface area is 244 Å². The Kier molecular flexibility index (Phi) is 9.49. The van der Waals surface area contributed by atoms with E-state index in [0.29, 0.717) is 31.5 Å². The van der Waals surface area contributed by atoms with Crippen LogP contribution < -0.4 is 9.80 Å². The van der Waals surface area contributed by atoms with Gasteiger partial charge in [-0.1, -0.05) is 13.0 Å². The number of amides is 2. The number of fused-ring (bicyclic) bond motifs is 1. The van der Waals surface area contributed by atoms with Crippen molar-refractivity contribution in [1.29, 1.82) is 0 Å². The third-order valence-electron chi connectivity index (χ3n) is 9.51. The van der Waals surface area contributed by atoms with E-state index in [1.165, 1.54) is 0 Å². The number of aliphatic hydroxyl groups is 1. The maximum atomic E-state index is 14.7. The quantitative estimate of drug-likeness (QED) is 0.207. The lowest BCUT2D eigenvalue weighted by Gasteiger charge is -2.37. The molecule has 0 radical (unpaired) electrons. The van der Waals surface area contributed by atoms with Crippen LogP contribution in [-0.2, 0) is 23.9 Å². The molecule has 3 unspecified atom stereocenters. The molecule has 1 aromatic rings. The average Bonchev–Trinajstić information content (AvgIpc) is 3.47. The molecule has 9 nitrogen and oxygen atoms in total. The standard InChI is InChI=1S/C32H47N3O6/c1-7-18-34(24-16-14-23(15-17-24)33(8-2)9-3)29(38)27-32-21-22(5)31(6,41-32)26(30(39)40-10-4)25(32)28(37)35(27)19-12-11-13-20-36/h7,14-17,22,25-27,36H,1,8-13,18-21H2,2-6H3/t22?,25-,26+,27?,31-,32?/m0/s1. The fraction of sp³-hybridized carbons (Fsp3) is 0.656. The highest BCUT2D eigenvalue weighted by atomic mass is 16.6. The first-order valence-corrected chi connectivity index (χ1v) is 15.2. The number of carbonyl (C=O) groups is 3. The van der Waals surface area contributed by atoms with Crippen LogP contribution in [0.3, 0.4) is 0 Å². The minimum Gasteiger partial charge on any atom is -0.466 e. The number of esters is 1. The molecule has 2 amide bonds. The molecule has 1 N–H and O–H groups in total. The lowest BCUT2D eigenvalue weighted by atomic mass is 9.62. The maximum Gasteiger partial charge on any atom is 0.312 e. The van der Waals surface area contributed by atoms with Crippen LogP contribution in [0.2, 0.25) is 0 Å². The molecule has 0 aromatic heterocycles. The van der Waals surface area contributed by atoms with Crippen molar-refractivity contribution in [3.8, 4) is 0 Å². The van der Waals surface area contributed by atoms with E-state index in [2.05, 4.69) is 25.3 Å². The van der Waals surface area contributed by atoms with Crippen molar-refractivity contribution in [1.82, 2.24) is 4.90 Å². The van der Waals surface area contributed by atoms with Crippen molar-refractivity contribution in [3.63, 3.8) is 0 Å². The van der Waals surface area contributed by atoms with Gasteiger partial charge >= 0.3 is 5.97 Å². The van der Waals surface area contributed by atoms with Crippen LogP contribution in [-0.4, -0.2) is 84.4 Å². The molecule has 6 atom stereocenters. The number of hydrogen-bond acceptors (Lipinski definition) is 7. The van der Waals surface area contributed by atoms with E-state index in [-0.39, 0.29) is 37.5 Å². The molecule has 9 heteroatoms. The molecule has 1 aromatic carbocycles. The molecule has 4 rings (SSSR count). The summed E-state index contributed by atoms with van der Waals surface area (Å²) in [7, 11) is 0. The number of likely N-dealkylation sites (tertiary alicyclic amines) is 1. The van der Waals surface area contributed by atoms with Gasteiger partial charge < -0.3 is 29.3 Å². The highest BCUT2D eigenvalue weighted by Gasteiger charge is 2.80. The number of unbranched alkanes of at least 4 members (excludes halogenated alkanes) is 2. The van der Waals surface area contributed by atoms with Gasteiger partial charge in [0.25, 0.3) is 5.91 Å². The fourth-order valence-corrected chi connectivity index (χ4v) is 7.45. The van der Waals surface area contributed by atoms with Crippen molar-refractivity contribution in [3.05, 3.63) is 36.9 Å². The van der Waals surface area contributed by atoms with Crippen LogP contribution in [0.5, 0.6) is 0 Å². The first kappa shape index (κ1) is 31.0. The Morgan fingerprint density at radius 1 is 1.15 bits per heavy atom. The molecule has 3 aliphatic rings. The molecule has 1 spiro atoms. The number of nitrogens with zero attached hydrogens (tertiary/aromatic N) is 3. The average molecular weight is 570 g/mol. The summed E-state index contributed by atoms with van der Waals surface area (Å²) in [5, 5.41) is 9.29. The summed E-state index contributed by atoms with van der Waals surface area (Å²) in [6.07, 6.45) is 4.16. The molecule has 41 heavy (non-hydrogen) atoms. The summed E-state index contributed by atoms with van der Waals surface area (Å²) < 4.78 is 12.2. The maximum absolute atomic E-state index is 14.7. The molecule has 0 aliphatic carbocycles. The smallest absolute Gasteiger partial charge is 0.312 e. The number of anilines is 2. The molecular weight excluding hydrogens is 522 g/mol. The second-order valence-electron chi connectivity index (χ2n) is 11.7. The van der Waals surface area contributed by atoms with Gasteiger partial charge in [-0.3, -0.25) is 14.4 Å². The lowest BCUT2D eigenvalue weighted by Crippen LogP contribution is -2.57. The summed E-state index contributed by atoms with van der Waals surface area (Å²) in [5.74, 6) is -2.52. The Hall–Kier alpha value is -2.91. The highest BCUT2D eigenvalue weighted by molar-refractivity contribution is 6.05. The molecule has 0 saturated carbocycles. The zero-order chi connectivity index (χ0) is 29.9. The SMILES string of the molecule is C=CCN(C(=O)C1N(CCCCCO)C(=O)[C@@H]2[C@H](C(=O)OCC)[C@@]3(C)OC12CC3C)c1ccc(N(CC)CC)cc1. The number of aliphatic hydroxyl groups excluding tert-OH is 1. The molecule has 2 bridgehead atoms. The van der Waals surface area contributed by atoms with Gasteiger partial charge in [0.15, 0.2) is 0 Å². The van der Waals surface area contributed by atoms with Gasteiger partial charge in [-0.05, 0) is 83.6 Å². The molecule has 226 valence electrons. The topological polar surface area (TPSA) is 99.6 Å². The first-order valence-electron chi connectivity index (χ1n) is 15.2. The van der Waals surface area contributed by atoms with Crippen LogP contribution >= 0.6 is 0 Å². The van der Waals surface area contributed by atoms with Gasteiger partial charge in [0.05, 0.1) is 18.1 Å². The largest absolute Gasteiger partial charge is 0.466 e. The van der Waals surface area contributed by atoms with Gasteiger partial charge in [0.2, 0.25) is 5.91 Å². The predicted octanol–water partition coefficient (Wildman–Crippen LogP) is 3.79. The Morgan fingerprint density at radius 2 is 1.80 bits per heavy atom. The van der Waals surface area contributed by atoms with Crippen molar-refractivity contribution in [2.24, 2.45) is 17.8 Å². The molecule has 3 saturated heterocycles. The summed E-state index contributed by atoms with van der Waals surface area (Å²) in [6, 6.07) is 7.00. The van der Waals surface area contributed by atoms with Crippen LogP contribution in [0.1, 0.15) is 60.3 Å². The fourth-order valence-electron chi connectivity index (χ4n) is 7.45. The van der Waals surface area contributed by atoms with Crippen molar-refractivity contribution in [2.45, 2.75) is 77.5 Å². The van der Waals surface area contributed by atoms with Crippen LogP contribution in [0, 0.1) is 17.8 Å². The molecular formula is C32H47N3O6. The van der Waals surface area contributed by atoms with E-state index in [9.17, 15) is 19.5 Å². The van der Waals surface area contributed by atoms with Gasteiger partial charge in [0, 0.05) is 44.2 Å². The van der Waals surface area contributed by atoms with E-state index in [1.54, 1.807) is 22.8 Å². The highest BCUT2D eigenvalue weighted by Crippen LogP contribution is 2.65. The predicted molar refractivity (Wildman–Crippen MR) is 159 cm³/mol. The zero-order valence-corrected chi connectivity index (χ0v) is 25.3. The zero-order valence-electron chi connectivity index (χ0n) is 25.3. The third-order valence-corrected chi connectivity index (χ3v) is 9.51. The van der Waals surface area contributed by atoms with E-state index < -0.39 is 35.0 Å². The molecule has 3 aliphatic heterocycles. The second-order valence-corrected chi connectivity index (χ2v) is 11.7. The summed E-state index contributed by atoms with van der Waals surface area (Å²) in [5.41, 5.74) is -0.242. The Balaban J connectivity index is 1.76. The van der Waals surface area contributed by atoms with Crippen molar-refractivity contribution >= 4 is 29.2 Å². The van der Waals surface area contributed by atoms with E-state index >= 15 is 0 Å². The molecule has 3 fully saturated rings. The molecule has 3 heterocycles. The first-order chi connectivity index (χ1) is 19.6. The normalized spacial score (nSPS) is 29.9. The minimum absolute atomic E-state index is 0.0493. The number of carbonyl (C=O) groups excluding carboxylic acids is 3. The summed E-state index contributed by atoms with van der Waals surface area (Å²) >= 11 is 0.